The number of nitrogens with one attached hydrogen (secondary N) is 1. The number of amidine groups is 1. The van der Waals surface area contributed by atoms with E-state index in [1.54, 1.807) is 13.0 Å². The Kier molecular flexibility index (Phi) is 6.03. The summed E-state index contributed by atoms with van der Waals surface area (Å²) >= 11 is 0. The van der Waals surface area contributed by atoms with Gasteiger partial charge in [-0.3, -0.25) is 20.0 Å². The van der Waals surface area contributed by atoms with Gasteiger partial charge in [-0.15, -0.1) is 0 Å². The number of nitrogen functional groups attached to an aromatic ring is 1. The number of aromatic hydroxyl groups is 1. The molecule has 2 aliphatic heterocycles. The second-order valence-corrected chi connectivity index (χ2v) is 7.06. The average Bonchev–Trinajstić information content (AvgIpc) is 3.02. The van der Waals surface area contributed by atoms with Gasteiger partial charge in [0.15, 0.2) is 0 Å². The minimum atomic E-state index is -0.500. The second kappa shape index (κ2) is 8.47. The van der Waals surface area contributed by atoms with E-state index in [1.165, 1.54) is 17.0 Å². The number of nitrogens with zero attached hydrogens (tertiary/aromatic N) is 2. The molecule has 1 amide bonds. The Morgan fingerprint density at radius 2 is 2.11 bits per heavy atom. The van der Waals surface area contributed by atoms with Crippen LogP contribution in [0, 0.1) is 11.3 Å². The van der Waals surface area contributed by atoms with Crippen LogP contribution in [0.3, 0.4) is 0 Å². The molecule has 9 heteroatoms. The molecule has 2 aliphatic rings. The second-order valence-electron chi connectivity index (χ2n) is 7.06. The Morgan fingerprint density at radius 1 is 1.39 bits per heavy atom. The molecular weight excluding hydrogens is 364 g/mol. The number of carbonyl (C=O) groups is 2. The highest BCUT2D eigenvalue weighted by atomic mass is 16.6. The zero-order chi connectivity index (χ0) is 20.3. The van der Waals surface area contributed by atoms with Gasteiger partial charge in [-0.05, 0) is 51.1 Å². The van der Waals surface area contributed by atoms with Gasteiger partial charge in [-0.2, -0.15) is 0 Å². The first kappa shape index (κ1) is 19.9. The van der Waals surface area contributed by atoms with Gasteiger partial charge in [0.25, 0.3) is 0 Å². The number of phenols is 1. The maximum atomic E-state index is 12.4. The molecule has 1 atom stereocenters. The van der Waals surface area contributed by atoms with Crippen LogP contribution in [-0.2, 0) is 14.3 Å². The minimum Gasteiger partial charge on any atom is -0.508 e. The monoisotopic (exact) mass is 390 g/mol. The van der Waals surface area contributed by atoms with E-state index in [9.17, 15) is 14.7 Å². The molecule has 2 saturated heterocycles. The summed E-state index contributed by atoms with van der Waals surface area (Å²) in [5.74, 6) is -0.454. The minimum absolute atomic E-state index is 0.0254. The van der Waals surface area contributed by atoms with Crippen molar-refractivity contribution in [3.05, 3.63) is 23.8 Å². The topological polar surface area (TPSA) is 129 Å². The zero-order valence-electron chi connectivity index (χ0n) is 15.9. The van der Waals surface area contributed by atoms with Crippen molar-refractivity contribution in [2.75, 3.05) is 37.7 Å². The van der Waals surface area contributed by atoms with Crippen molar-refractivity contribution in [3.63, 3.8) is 0 Å². The van der Waals surface area contributed by atoms with E-state index >= 15 is 0 Å². The van der Waals surface area contributed by atoms with Gasteiger partial charge in [0.1, 0.15) is 17.7 Å². The van der Waals surface area contributed by atoms with Crippen LogP contribution in [0.2, 0.25) is 0 Å². The summed E-state index contributed by atoms with van der Waals surface area (Å²) in [7, 11) is 0. The lowest BCUT2D eigenvalue weighted by Gasteiger charge is -2.31. The molecule has 0 aliphatic carbocycles. The van der Waals surface area contributed by atoms with Gasteiger partial charge in [-0.25, -0.2) is 4.79 Å². The number of likely N-dealkylation sites (tertiary alicyclic amines) is 1. The highest BCUT2D eigenvalue weighted by Crippen LogP contribution is 2.29. The number of rotatable bonds is 6. The van der Waals surface area contributed by atoms with Crippen molar-refractivity contribution < 1.29 is 24.2 Å². The fourth-order valence-corrected chi connectivity index (χ4v) is 3.69. The molecule has 0 saturated carbocycles. The lowest BCUT2D eigenvalue weighted by atomic mass is 9.97. The number of cyclic esters (lactones) is 1. The van der Waals surface area contributed by atoms with Gasteiger partial charge in [0.2, 0.25) is 0 Å². The Hall–Kier alpha value is -2.81. The number of benzene rings is 1. The van der Waals surface area contributed by atoms with E-state index in [4.69, 9.17) is 20.6 Å². The largest absolute Gasteiger partial charge is 0.508 e. The highest BCUT2D eigenvalue weighted by Gasteiger charge is 2.36. The Bertz CT molecular complexity index is 761. The van der Waals surface area contributed by atoms with Crippen LogP contribution in [0.15, 0.2) is 18.2 Å². The summed E-state index contributed by atoms with van der Waals surface area (Å²) in [6.07, 6.45) is 0.644. The van der Waals surface area contributed by atoms with E-state index in [1.807, 2.05) is 0 Å². The number of ether oxygens (including phenoxy) is 2. The van der Waals surface area contributed by atoms with E-state index in [2.05, 4.69) is 4.90 Å². The molecule has 152 valence electrons. The van der Waals surface area contributed by atoms with Gasteiger partial charge in [0.05, 0.1) is 24.8 Å². The quantitative estimate of drug-likeness (QED) is 0.379. The first-order valence-electron chi connectivity index (χ1n) is 9.43. The smallest absolute Gasteiger partial charge is 0.414 e. The Labute approximate surface area is 163 Å². The van der Waals surface area contributed by atoms with Crippen LogP contribution >= 0.6 is 0 Å². The van der Waals surface area contributed by atoms with Crippen LogP contribution in [0.4, 0.5) is 10.5 Å². The third-order valence-corrected chi connectivity index (χ3v) is 5.10. The van der Waals surface area contributed by atoms with Gasteiger partial charge >= 0.3 is 12.1 Å². The van der Waals surface area contributed by atoms with Crippen LogP contribution in [0.25, 0.3) is 0 Å². The van der Waals surface area contributed by atoms with Crippen LogP contribution in [0.5, 0.6) is 5.75 Å². The molecule has 9 nitrogen and oxygen atoms in total. The number of hydrogen-bond acceptors (Lipinski definition) is 7. The lowest BCUT2D eigenvalue weighted by Crippen LogP contribution is -2.42. The predicted molar refractivity (Wildman–Crippen MR) is 103 cm³/mol. The average molecular weight is 390 g/mol. The molecule has 1 aromatic rings. The molecule has 4 N–H and O–H groups in total. The third-order valence-electron chi connectivity index (χ3n) is 5.10. The number of hydrogen-bond donors (Lipinski definition) is 3. The van der Waals surface area contributed by atoms with Gasteiger partial charge < -0.3 is 20.3 Å². The molecule has 0 aromatic heterocycles. The number of piperidine rings is 1. The summed E-state index contributed by atoms with van der Waals surface area (Å²) < 4.78 is 10.6. The number of esters is 1. The van der Waals surface area contributed by atoms with Crippen molar-refractivity contribution in [2.45, 2.75) is 25.9 Å². The summed E-state index contributed by atoms with van der Waals surface area (Å²) in [5.41, 5.74) is 6.32. The van der Waals surface area contributed by atoms with E-state index in [-0.39, 0.29) is 35.1 Å². The summed E-state index contributed by atoms with van der Waals surface area (Å²) in [4.78, 5) is 27.8. The molecule has 3 rings (SSSR count). The SMILES string of the molecule is CCOC(=O)C1CCN(CC2CN(c3ccc(O)cc3C(=N)N)C(=O)O2)CC1. The van der Waals surface area contributed by atoms with Crippen LogP contribution in [-0.4, -0.2) is 66.8 Å². The lowest BCUT2D eigenvalue weighted by molar-refractivity contribution is -0.149. The maximum absolute atomic E-state index is 12.4. The van der Waals surface area contributed by atoms with Crippen molar-refractivity contribution in [3.8, 4) is 5.75 Å². The van der Waals surface area contributed by atoms with Gasteiger partial charge in [0, 0.05) is 12.1 Å². The Morgan fingerprint density at radius 3 is 2.75 bits per heavy atom. The molecular formula is C19H26N4O5. The molecule has 28 heavy (non-hydrogen) atoms. The number of carbonyl (C=O) groups excluding carboxylic acids is 2. The van der Waals surface area contributed by atoms with Crippen LogP contribution in [0.1, 0.15) is 25.3 Å². The Balaban J connectivity index is 1.59. The van der Waals surface area contributed by atoms with Crippen molar-refractivity contribution in [1.82, 2.24) is 4.90 Å². The summed E-state index contributed by atoms with van der Waals surface area (Å²) in [6.45, 7) is 4.60. The summed E-state index contributed by atoms with van der Waals surface area (Å²) in [6, 6.07) is 4.36. The fraction of sp³-hybridized carbons (Fsp3) is 0.526. The van der Waals surface area contributed by atoms with Crippen LogP contribution < -0.4 is 10.6 Å². The standard InChI is InChI=1S/C19H26N4O5/c1-2-27-18(25)12-5-7-22(8-6-12)10-14-11-23(19(26)28-14)16-4-3-13(24)9-15(16)17(20)21/h3-4,9,12,14,24H,2,5-8,10-11H2,1H3,(H3,20,21). The van der Waals surface area contributed by atoms with E-state index in [0.717, 1.165) is 25.9 Å². The number of anilines is 1. The van der Waals surface area contributed by atoms with Crippen molar-refractivity contribution in [1.29, 1.82) is 5.41 Å². The predicted octanol–water partition coefficient (Wildman–Crippen LogP) is 1.28. The first-order chi connectivity index (χ1) is 13.4. The number of amides is 1. The molecule has 0 bridgehead atoms. The fourth-order valence-electron chi connectivity index (χ4n) is 3.69. The van der Waals surface area contributed by atoms with E-state index in [0.29, 0.717) is 25.4 Å². The molecule has 2 fully saturated rings. The summed E-state index contributed by atoms with van der Waals surface area (Å²) in [5, 5.41) is 17.3. The molecule has 1 aromatic carbocycles. The van der Waals surface area contributed by atoms with E-state index < -0.39 is 6.09 Å². The molecule has 0 spiro atoms. The number of phenolic OH excluding ortho intramolecular Hbond substituents is 1. The van der Waals surface area contributed by atoms with Crippen molar-refractivity contribution in [2.24, 2.45) is 11.7 Å². The molecule has 0 radical (unpaired) electrons. The third kappa shape index (κ3) is 4.36. The normalized spacial score (nSPS) is 20.8. The number of nitrogens with two attached hydrogens (primary N) is 1. The van der Waals surface area contributed by atoms with Gasteiger partial charge in [-0.1, -0.05) is 0 Å². The molecule has 2 heterocycles. The van der Waals surface area contributed by atoms with Crippen molar-refractivity contribution >= 4 is 23.6 Å². The zero-order valence-corrected chi connectivity index (χ0v) is 15.9. The highest BCUT2D eigenvalue weighted by molar-refractivity contribution is 6.04. The first-order valence-corrected chi connectivity index (χ1v) is 9.43. The maximum Gasteiger partial charge on any atom is 0.414 e. The molecule has 1 unspecified atom stereocenters.